The van der Waals surface area contributed by atoms with E-state index in [-0.39, 0.29) is 0 Å². The van der Waals surface area contributed by atoms with E-state index in [1.54, 1.807) is 0 Å². The Morgan fingerprint density at radius 3 is 1.62 bits per heavy atom. The number of carbonyl (C=O) groups is 2. The molecule has 0 aliphatic carbocycles. The van der Waals surface area contributed by atoms with Crippen LogP contribution in [0.2, 0.25) is 0 Å². The summed E-state index contributed by atoms with van der Waals surface area (Å²) in [5.74, 6) is 1.64. The molecule has 0 atom stereocenters. The third kappa shape index (κ3) is 6.71. The number of rotatable bonds is 13. The Morgan fingerprint density at radius 2 is 1.12 bits per heavy atom. The highest BCUT2D eigenvalue weighted by Crippen LogP contribution is 2.26. The summed E-state index contributed by atoms with van der Waals surface area (Å²) in [5, 5.41) is 0. The van der Waals surface area contributed by atoms with Crippen molar-refractivity contribution >= 4 is 12.6 Å². The van der Waals surface area contributed by atoms with Crippen LogP contribution in [0.1, 0.15) is 32.1 Å². The molecule has 0 fully saturated rings. The monoisotopic (exact) mass is 354 g/mol. The zero-order valence-electron chi connectivity index (χ0n) is 15.0. The van der Waals surface area contributed by atoms with Crippen molar-refractivity contribution < 1.29 is 19.1 Å². The summed E-state index contributed by atoms with van der Waals surface area (Å²) < 4.78 is 11.3. The molecule has 26 heavy (non-hydrogen) atoms. The summed E-state index contributed by atoms with van der Waals surface area (Å²) in [7, 11) is 0. The maximum atomic E-state index is 11.5. The molecule has 0 aromatic heterocycles. The minimum Gasteiger partial charge on any atom is -0.494 e. The normalized spacial score (nSPS) is 10.9. The molecular formula is C22H26O4. The van der Waals surface area contributed by atoms with Crippen LogP contribution in [0.15, 0.2) is 60.7 Å². The van der Waals surface area contributed by atoms with Crippen molar-refractivity contribution in [2.45, 2.75) is 32.1 Å². The van der Waals surface area contributed by atoms with Gasteiger partial charge in [0.1, 0.15) is 24.1 Å². The molecule has 138 valence electrons. The van der Waals surface area contributed by atoms with Crippen molar-refractivity contribution in [3.8, 4) is 11.5 Å². The minimum atomic E-state index is -0.910. The number of hydrogen-bond acceptors (Lipinski definition) is 4. The van der Waals surface area contributed by atoms with Crippen LogP contribution in [-0.2, 0) is 9.59 Å². The highest BCUT2D eigenvalue weighted by molar-refractivity contribution is 5.83. The topological polar surface area (TPSA) is 52.6 Å². The van der Waals surface area contributed by atoms with E-state index in [9.17, 15) is 9.59 Å². The van der Waals surface area contributed by atoms with Gasteiger partial charge in [-0.25, -0.2) is 0 Å². The van der Waals surface area contributed by atoms with E-state index < -0.39 is 5.41 Å². The predicted octanol–water partition coefficient (Wildman–Crippen LogP) is 4.48. The lowest BCUT2D eigenvalue weighted by atomic mass is 9.81. The smallest absolute Gasteiger partial charge is 0.133 e. The van der Waals surface area contributed by atoms with E-state index in [4.69, 9.17) is 9.47 Å². The third-order valence-electron chi connectivity index (χ3n) is 4.32. The molecule has 0 aliphatic heterocycles. The molecule has 0 radical (unpaired) electrons. The molecule has 0 amide bonds. The van der Waals surface area contributed by atoms with Gasteiger partial charge in [0, 0.05) is 0 Å². The fraction of sp³-hybridized carbons (Fsp3) is 0.364. The van der Waals surface area contributed by atoms with Crippen molar-refractivity contribution in [3.05, 3.63) is 60.7 Å². The highest BCUT2D eigenvalue weighted by Gasteiger charge is 2.28. The van der Waals surface area contributed by atoms with Crippen molar-refractivity contribution in [1.82, 2.24) is 0 Å². The molecule has 2 aromatic rings. The third-order valence-corrected chi connectivity index (χ3v) is 4.32. The van der Waals surface area contributed by atoms with Gasteiger partial charge in [-0.15, -0.1) is 0 Å². The summed E-state index contributed by atoms with van der Waals surface area (Å²) in [6, 6.07) is 19.1. The predicted molar refractivity (Wildman–Crippen MR) is 102 cm³/mol. The number of unbranched alkanes of at least 4 members (excludes halogenated alkanes) is 1. The standard InChI is InChI=1S/C22H26O4/c23-18-22(19-24,15-9-17-26-21-12-5-2-6-13-21)14-7-8-16-25-20-10-3-1-4-11-20/h1-6,10-13,18-19H,7-9,14-17H2. The van der Waals surface area contributed by atoms with Crippen LogP contribution in [0.25, 0.3) is 0 Å². The van der Waals surface area contributed by atoms with E-state index in [1.807, 2.05) is 60.7 Å². The number of para-hydroxylation sites is 2. The van der Waals surface area contributed by atoms with Crippen LogP contribution in [-0.4, -0.2) is 25.8 Å². The molecule has 0 saturated heterocycles. The van der Waals surface area contributed by atoms with Crippen molar-refractivity contribution in [2.24, 2.45) is 5.41 Å². The largest absolute Gasteiger partial charge is 0.494 e. The SMILES string of the molecule is O=CC(C=O)(CCCCOc1ccccc1)CCCOc1ccccc1. The summed E-state index contributed by atoms with van der Waals surface area (Å²) in [4.78, 5) is 23.0. The molecule has 0 unspecified atom stereocenters. The summed E-state index contributed by atoms with van der Waals surface area (Å²) in [6.45, 7) is 1.07. The summed E-state index contributed by atoms with van der Waals surface area (Å²) in [5.41, 5.74) is -0.910. The second-order valence-corrected chi connectivity index (χ2v) is 6.35. The van der Waals surface area contributed by atoms with Gasteiger partial charge in [-0.05, 0) is 56.4 Å². The molecule has 0 bridgehead atoms. The van der Waals surface area contributed by atoms with E-state index in [0.29, 0.717) is 32.5 Å². The maximum absolute atomic E-state index is 11.5. The van der Waals surface area contributed by atoms with Gasteiger partial charge < -0.3 is 19.1 Å². The van der Waals surface area contributed by atoms with Crippen LogP contribution in [0.3, 0.4) is 0 Å². The Bertz CT molecular complexity index is 632. The quantitative estimate of drug-likeness (QED) is 0.302. The first-order valence-electron chi connectivity index (χ1n) is 9.06. The number of aldehydes is 2. The number of benzene rings is 2. The zero-order valence-corrected chi connectivity index (χ0v) is 15.0. The van der Waals surface area contributed by atoms with Crippen molar-refractivity contribution in [1.29, 1.82) is 0 Å². The summed E-state index contributed by atoms with van der Waals surface area (Å²) in [6.07, 6.45) is 4.87. The Balaban J connectivity index is 1.66. The first-order chi connectivity index (χ1) is 12.8. The lowest BCUT2D eigenvalue weighted by molar-refractivity contribution is -0.127. The van der Waals surface area contributed by atoms with E-state index in [2.05, 4.69) is 0 Å². The fourth-order valence-corrected chi connectivity index (χ4v) is 2.76. The minimum absolute atomic E-state index is 0.491. The van der Waals surface area contributed by atoms with Gasteiger partial charge in [0.25, 0.3) is 0 Å². The molecule has 4 nitrogen and oxygen atoms in total. The van der Waals surface area contributed by atoms with Gasteiger partial charge in [0.05, 0.1) is 18.6 Å². The Morgan fingerprint density at radius 1 is 0.654 bits per heavy atom. The molecule has 0 aliphatic rings. The number of ether oxygens (including phenoxy) is 2. The average Bonchev–Trinajstić information content (AvgIpc) is 2.71. The van der Waals surface area contributed by atoms with Crippen molar-refractivity contribution in [3.63, 3.8) is 0 Å². The fourth-order valence-electron chi connectivity index (χ4n) is 2.76. The molecule has 0 heterocycles. The van der Waals surface area contributed by atoms with Gasteiger partial charge in [-0.3, -0.25) is 0 Å². The van der Waals surface area contributed by atoms with E-state index in [1.165, 1.54) is 0 Å². The molecule has 4 heteroatoms. The van der Waals surface area contributed by atoms with Crippen LogP contribution >= 0.6 is 0 Å². The maximum Gasteiger partial charge on any atom is 0.133 e. The van der Waals surface area contributed by atoms with Crippen LogP contribution in [0.4, 0.5) is 0 Å². The van der Waals surface area contributed by atoms with Crippen LogP contribution in [0.5, 0.6) is 11.5 Å². The average molecular weight is 354 g/mol. The number of carbonyl (C=O) groups excluding carboxylic acids is 2. The van der Waals surface area contributed by atoms with E-state index >= 15 is 0 Å². The van der Waals surface area contributed by atoms with Gasteiger partial charge in [0.2, 0.25) is 0 Å². The molecule has 2 aromatic carbocycles. The molecule has 2 rings (SSSR count). The lowest BCUT2D eigenvalue weighted by Crippen LogP contribution is -2.25. The Hall–Kier alpha value is -2.62. The van der Waals surface area contributed by atoms with Gasteiger partial charge in [-0.1, -0.05) is 36.4 Å². The first kappa shape index (κ1) is 19.7. The van der Waals surface area contributed by atoms with Gasteiger partial charge in [0.15, 0.2) is 0 Å². The van der Waals surface area contributed by atoms with Crippen LogP contribution in [0, 0.1) is 5.41 Å². The van der Waals surface area contributed by atoms with Crippen LogP contribution < -0.4 is 9.47 Å². The molecule has 0 spiro atoms. The lowest BCUT2D eigenvalue weighted by Gasteiger charge is -2.21. The Kier molecular flexibility index (Phi) is 8.40. The number of hydrogen-bond donors (Lipinski definition) is 0. The highest BCUT2D eigenvalue weighted by atomic mass is 16.5. The zero-order chi connectivity index (χ0) is 18.5. The van der Waals surface area contributed by atoms with E-state index in [0.717, 1.165) is 36.9 Å². The van der Waals surface area contributed by atoms with Crippen molar-refractivity contribution in [2.75, 3.05) is 13.2 Å². The second kappa shape index (κ2) is 11.1. The molecule has 0 N–H and O–H groups in total. The molecule has 0 saturated carbocycles. The van der Waals surface area contributed by atoms with Gasteiger partial charge in [-0.2, -0.15) is 0 Å². The second-order valence-electron chi connectivity index (χ2n) is 6.35. The Labute approximate surface area is 155 Å². The van der Waals surface area contributed by atoms with Gasteiger partial charge >= 0.3 is 0 Å². The first-order valence-corrected chi connectivity index (χ1v) is 9.06. The summed E-state index contributed by atoms with van der Waals surface area (Å²) >= 11 is 0. The molecular weight excluding hydrogens is 328 g/mol.